The first-order chi connectivity index (χ1) is 10.5. The predicted octanol–water partition coefficient (Wildman–Crippen LogP) is 6.01. The summed E-state index contributed by atoms with van der Waals surface area (Å²) < 4.78 is 0. The largest absolute Gasteiger partial charge is 0.0654 e. The van der Waals surface area contributed by atoms with Crippen molar-refractivity contribution < 1.29 is 0 Å². The summed E-state index contributed by atoms with van der Waals surface area (Å²) in [6.45, 7) is 12.5. The van der Waals surface area contributed by atoms with Crippen LogP contribution < -0.4 is 0 Å². The molecule has 0 aromatic rings. The molecule has 0 radical (unpaired) electrons. The molecule has 0 heteroatoms. The van der Waals surface area contributed by atoms with E-state index in [0.29, 0.717) is 0 Å². The summed E-state index contributed by atoms with van der Waals surface area (Å²) in [5.41, 5.74) is 1.76. The highest BCUT2D eigenvalue weighted by molar-refractivity contribution is 5.40. The summed E-state index contributed by atoms with van der Waals surface area (Å²) in [7, 11) is 0. The fourth-order valence-electron chi connectivity index (χ4n) is 8.02. The molecule has 0 heterocycles. The lowest BCUT2D eigenvalue weighted by Crippen LogP contribution is -2.17. The molecule has 0 aromatic heterocycles. The minimum absolute atomic E-state index is 0.872. The zero-order valence-corrected chi connectivity index (χ0v) is 15.4. The van der Waals surface area contributed by atoms with E-state index in [1.54, 1.807) is 19.3 Å². The van der Waals surface area contributed by atoms with E-state index < -0.39 is 0 Å². The summed E-state index contributed by atoms with van der Waals surface area (Å²) in [4.78, 5) is 0. The van der Waals surface area contributed by atoms with Crippen molar-refractivity contribution in [2.75, 3.05) is 0 Å². The molecule has 5 aliphatic rings. The molecule has 124 valence electrons. The second-order valence-electron chi connectivity index (χ2n) is 10.3. The van der Waals surface area contributed by atoms with E-state index in [9.17, 15) is 0 Å². The Morgan fingerprint density at radius 2 is 1.64 bits per heavy atom. The quantitative estimate of drug-likeness (QED) is 0.514. The van der Waals surface area contributed by atoms with Crippen LogP contribution in [0.25, 0.3) is 0 Å². The van der Waals surface area contributed by atoms with Crippen LogP contribution in [-0.4, -0.2) is 0 Å². The molecule has 5 rings (SSSR count). The van der Waals surface area contributed by atoms with Crippen LogP contribution in [0.5, 0.6) is 0 Å². The first-order valence-electron chi connectivity index (χ1n) is 10.5. The van der Waals surface area contributed by atoms with Crippen LogP contribution >= 0.6 is 0 Å². The van der Waals surface area contributed by atoms with Crippen molar-refractivity contribution in [3.8, 4) is 0 Å². The van der Waals surface area contributed by atoms with Crippen LogP contribution in [0.4, 0.5) is 0 Å². The monoisotopic (exact) mass is 300 g/mol. The van der Waals surface area contributed by atoms with Gasteiger partial charge >= 0.3 is 0 Å². The number of hydrogen-bond donors (Lipinski definition) is 0. The highest BCUT2D eigenvalue weighted by Crippen LogP contribution is 2.97. The predicted molar refractivity (Wildman–Crippen MR) is 92.3 cm³/mol. The van der Waals surface area contributed by atoms with Gasteiger partial charge in [0.05, 0.1) is 0 Å². The molecule has 0 amide bonds. The molecular formula is C22H36. The molecule has 0 nitrogen and oxygen atoms in total. The van der Waals surface area contributed by atoms with Crippen molar-refractivity contribution in [3.63, 3.8) is 0 Å². The van der Waals surface area contributed by atoms with E-state index in [-0.39, 0.29) is 0 Å². The van der Waals surface area contributed by atoms with Crippen LogP contribution in [0.1, 0.15) is 73.1 Å². The summed E-state index contributed by atoms with van der Waals surface area (Å²) in [5.74, 6) is 10.2. The minimum Gasteiger partial charge on any atom is -0.0654 e. The van der Waals surface area contributed by atoms with Gasteiger partial charge in [0.2, 0.25) is 0 Å². The third-order valence-electron chi connectivity index (χ3n) is 9.82. The zero-order valence-electron chi connectivity index (χ0n) is 15.4. The molecule has 11 atom stereocenters. The fourth-order valence-corrected chi connectivity index (χ4v) is 8.02. The van der Waals surface area contributed by atoms with Crippen molar-refractivity contribution in [3.05, 3.63) is 0 Å². The van der Waals surface area contributed by atoms with Gasteiger partial charge in [-0.1, -0.05) is 53.9 Å². The van der Waals surface area contributed by atoms with E-state index in [4.69, 9.17) is 0 Å². The van der Waals surface area contributed by atoms with Crippen molar-refractivity contribution in [1.82, 2.24) is 0 Å². The second-order valence-corrected chi connectivity index (χ2v) is 10.3. The lowest BCUT2D eigenvalue weighted by molar-refractivity contribution is 0.241. The molecule has 22 heavy (non-hydrogen) atoms. The first kappa shape index (κ1) is 14.4. The van der Waals surface area contributed by atoms with Crippen LogP contribution in [-0.2, 0) is 0 Å². The van der Waals surface area contributed by atoms with E-state index in [0.717, 1.165) is 46.3 Å². The highest BCUT2D eigenvalue weighted by atomic mass is 15.0. The molecule has 11 unspecified atom stereocenters. The number of hydrogen-bond acceptors (Lipinski definition) is 0. The van der Waals surface area contributed by atoms with Gasteiger partial charge in [0.15, 0.2) is 0 Å². The van der Waals surface area contributed by atoms with E-state index in [1.807, 2.05) is 0 Å². The summed E-state index contributed by atoms with van der Waals surface area (Å²) in [5, 5.41) is 0. The minimum atomic E-state index is 0.872. The van der Waals surface area contributed by atoms with Gasteiger partial charge in [0, 0.05) is 0 Å². The maximum Gasteiger partial charge on any atom is -0.0195 e. The third-order valence-corrected chi connectivity index (χ3v) is 9.82. The Bertz CT molecular complexity index is 494. The van der Waals surface area contributed by atoms with Gasteiger partial charge in [-0.2, -0.15) is 0 Å². The molecule has 0 aliphatic heterocycles. The maximum atomic E-state index is 2.58. The molecule has 0 aromatic carbocycles. The normalized spacial score (nSPS) is 63.7. The van der Waals surface area contributed by atoms with Crippen molar-refractivity contribution in [2.45, 2.75) is 73.1 Å². The van der Waals surface area contributed by atoms with Crippen LogP contribution in [0, 0.1) is 64.1 Å². The number of rotatable bonds is 8. The van der Waals surface area contributed by atoms with Gasteiger partial charge in [-0.05, 0) is 83.4 Å². The maximum absolute atomic E-state index is 2.58. The molecule has 0 bridgehead atoms. The van der Waals surface area contributed by atoms with Gasteiger partial charge < -0.3 is 0 Å². The smallest absolute Gasteiger partial charge is 0.0195 e. The van der Waals surface area contributed by atoms with Gasteiger partial charge in [-0.15, -0.1) is 0 Å². The third kappa shape index (κ3) is 1.52. The molecule has 0 spiro atoms. The summed E-state index contributed by atoms with van der Waals surface area (Å²) in [6, 6.07) is 0. The molecule has 5 fully saturated rings. The second kappa shape index (κ2) is 4.15. The van der Waals surface area contributed by atoms with Crippen LogP contribution in [0.15, 0.2) is 0 Å². The van der Waals surface area contributed by atoms with Crippen LogP contribution in [0.3, 0.4) is 0 Å². The fraction of sp³-hybridized carbons (Fsp3) is 1.00. The standard InChI is InChI=1S/C22H36/c1-6-8-15(7-2)10-17-18-13(4)21(17,18)11-22-14(5)19(22)20(22)16-9-12(16)3/h12-20H,6-11H2,1-5H3. The van der Waals surface area contributed by atoms with E-state index in [1.165, 1.54) is 37.0 Å². The summed E-state index contributed by atoms with van der Waals surface area (Å²) >= 11 is 0. The van der Waals surface area contributed by atoms with E-state index >= 15 is 0 Å². The van der Waals surface area contributed by atoms with Crippen molar-refractivity contribution >= 4 is 0 Å². The van der Waals surface area contributed by atoms with Crippen molar-refractivity contribution in [2.24, 2.45) is 64.1 Å². The molecular weight excluding hydrogens is 264 g/mol. The Kier molecular flexibility index (Phi) is 2.71. The topological polar surface area (TPSA) is 0 Å². The average Bonchev–Trinajstić information content (AvgIpc) is 3.35. The average molecular weight is 301 g/mol. The SMILES string of the molecule is CCCC(CC)CC1C2C(C)C12CC12C(C)C1C2C1CC1C. The molecule has 5 saturated carbocycles. The van der Waals surface area contributed by atoms with Crippen molar-refractivity contribution in [1.29, 1.82) is 0 Å². The Morgan fingerprint density at radius 3 is 2.14 bits per heavy atom. The molecule has 0 saturated heterocycles. The molecule has 5 aliphatic carbocycles. The van der Waals surface area contributed by atoms with E-state index in [2.05, 4.69) is 34.6 Å². The highest BCUT2D eigenvalue weighted by Gasteiger charge is 2.93. The lowest BCUT2D eigenvalue weighted by atomic mass is 9.80. The van der Waals surface area contributed by atoms with Gasteiger partial charge in [-0.3, -0.25) is 0 Å². The Labute approximate surface area is 137 Å². The van der Waals surface area contributed by atoms with Gasteiger partial charge in [-0.25, -0.2) is 0 Å². The Hall–Kier alpha value is 0. The van der Waals surface area contributed by atoms with Crippen LogP contribution in [0.2, 0.25) is 0 Å². The first-order valence-corrected chi connectivity index (χ1v) is 10.5. The zero-order chi connectivity index (χ0) is 15.4. The summed E-state index contributed by atoms with van der Waals surface area (Å²) in [6.07, 6.45) is 9.12. The van der Waals surface area contributed by atoms with Gasteiger partial charge in [0.1, 0.15) is 0 Å². The Morgan fingerprint density at radius 1 is 0.955 bits per heavy atom. The van der Waals surface area contributed by atoms with Gasteiger partial charge in [0.25, 0.3) is 0 Å². The molecule has 0 N–H and O–H groups in total. The lowest BCUT2D eigenvalue weighted by Gasteiger charge is -2.25. The Balaban J connectivity index is 1.23. The number of fused-ring (bicyclic) bond motifs is 2.